The molecule has 0 atom stereocenters. The van der Waals surface area contributed by atoms with Crippen LogP contribution in [0.2, 0.25) is 0 Å². The van der Waals surface area contributed by atoms with Crippen molar-refractivity contribution >= 4 is 17.1 Å². The Hall–Kier alpha value is -2.30. The van der Waals surface area contributed by atoms with Gasteiger partial charge in [-0.3, -0.25) is 4.90 Å². The quantitative estimate of drug-likeness (QED) is 0.814. The maximum atomic E-state index is 4.43. The van der Waals surface area contributed by atoms with Crippen LogP contribution in [0, 0.1) is 0 Å². The van der Waals surface area contributed by atoms with Gasteiger partial charge in [0.15, 0.2) is 0 Å². The molecular formula is C22H30N4. The number of piperazine rings is 1. The smallest absolute Gasteiger partial charge is 0.0460 e. The molecule has 0 amide bonds. The molecule has 26 heavy (non-hydrogen) atoms. The second kappa shape index (κ2) is 8.88. The third kappa shape index (κ3) is 4.65. The van der Waals surface area contributed by atoms with E-state index in [0.717, 1.165) is 62.0 Å². The third-order valence-corrected chi connectivity index (χ3v) is 4.84. The predicted molar refractivity (Wildman–Crippen MR) is 112 cm³/mol. The lowest BCUT2D eigenvalue weighted by atomic mass is 10.2. The summed E-state index contributed by atoms with van der Waals surface area (Å²) < 4.78 is 0. The number of hydrogen-bond acceptors (Lipinski definition) is 4. The first kappa shape index (κ1) is 18.5. The molecule has 1 saturated heterocycles. The summed E-state index contributed by atoms with van der Waals surface area (Å²) in [5.74, 6) is 0. The highest BCUT2D eigenvalue weighted by molar-refractivity contribution is 5.69. The highest BCUT2D eigenvalue weighted by Gasteiger charge is 2.19. The SMILES string of the molecule is C=C(CN1CCN(C)CC1)N(c1ccccc1)c1ccc(NCC)cc1. The molecule has 138 valence electrons. The Morgan fingerprint density at radius 2 is 1.58 bits per heavy atom. The van der Waals surface area contributed by atoms with Crippen LogP contribution in [-0.2, 0) is 0 Å². The Kier molecular flexibility index (Phi) is 6.31. The van der Waals surface area contributed by atoms with Gasteiger partial charge < -0.3 is 15.1 Å². The lowest BCUT2D eigenvalue weighted by Gasteiger charge is -2.35. The Bertz CT molecular complexity index is 688. The van der Waals surface area contributed by atoms with E-state index < -0.39 is 0 Å². The maximum Gasteiger partial charge on any atom is 0.0460 e. The van der Waals surface area contributed by atoms with Gasteiger partial charge in [0.2, 0.25) is 0 Å². The van der Waals surface area contributed by atoms with E-state index in [2.05, 4.69) is 95.2 Å². The van der Waals surface area contributed by atoms with E-state index in [1.807, 2.05) is 0 Å². The first-order valence-corrected chi connectivity index (χ1v) is 9.45. The minimum absolute atomic E-state index is 0.887. The summed E-state index contributed by atoms with van der Waals surface area (Å²) in [4.78, 5) is 7.15. The Morgan fingerprint density at radius 1 is 0.962 bits per heavy atom. The molecule has 2 aromatic rings. The fourth-order valence-electron chi connectivity index (χ4n) is 3.36. The summed E-state index contributed by atoms with van der Waals surface area (Å²) in [5.41, 5.74) is 4.56. The van der Waals surface area contributed by atoms with E-state index in [1.54, 1.807) is 0 Å². The Morgan fingerprint density at radius 3 is 2.19 bits per heavy atom. The van der Waals surface area contributed by atoms with Crippen LogP contribution in [0.5, 0.6) is 0 Å². The summed E-state index contributed by atoms with van der Waals surface area (Å²) in [5, 5.41) is 3.36. The third-order valence-electron chi connectivity index (χ3n) is 4.84. The van der Waals surface area contributed by atoms with Gasteiger partial charge in [-0.2, -0.15) is 0 Å². The molecule has 1 aliphatic heterocycles. The molecule has 1 heterocycles. The number of likely N-dealkylation sites (N-methyl/N-ethyl adjacent to an activating group) is 1. The summed E-state index contributed by atoms with van der Waals surface area (Å²) in [6.45, 7) is 12.8. The molecular weight excluding hydrogens is 320 g/mol. The standard InChI is InChI=1S/C22H30N4/c1-4-23-20-10-12-22(13-11-20)26(21-8-6-5-7-9-21)19(2)18-25-16-14-24(3)15-17-25/h5-13,23H,2,4,14-18H2,1,3H3. The molecule has 4 nitrogen and oxygen atoms in total. The van der Waals surface area contributed by atoms with E-state index in [4.69, 9.17) is 0 Å². The number of hydrogen-bond donors (Lipinski definition) is 1. The van der Waals surface area contributed by atoms with Crippen LogP contribution in [0.3, 0.4) is 0 Å². The van der Waals surface area contributed by atoms with Crippen LogP contribution < -0.4 is 10.2 Å². The number of nitrogens with zero attached hydrogens (tertiary/aromatic N) is 3. The summed E-state index contributed by atoms with van der Waals surface area (Å²) in [6.07, 6.45) is 0. The number of rotatable bonds is 7. The fourth-order valence-corrected chi connectivity index (χ4v) is 3.36. The van der Waals surface area contributed by atoms with Crippen molar-refractivity contribution in [2.45, 2.75) is 6.92 Å². The maximum absolute atomic E-state index is 4.43. The highest BCUT2D eigenvalue weighted by Crippen LogP contribution is 2.30. The fraction of sp³-hybridized carbons (Fsp3) is 0.364. The van der Waals surface area contributed by atoms with E-state index in [9.17, 15) is 0 Å². The first-order valence-electron chi connectivity index (χ1n) is 9.45. The average Bonchev–Trinajstić information content (AvgIpc) is 2.66. The van der Waals surface area contributed by atoms with E-state index in [1.165, 1.54) is 0 Å². The molecule has 0 spiro atoms. The average molecular weight is 351 g/mol. The van der Waals surface area contributed by atoms with Crippen molar-refractivity contribution in [3.05, 3.63) is 66.9 Å². The summed E-state index contributed by atoms with van der Waals surface area (Å²) >= 11 is 0. The molecule has 0 saturated carbocycles. The Balaban J connectivity index is 1.80. The van der Waals surface area contributed by atoms with Gasteiger partial charge in [-0.1, -0.05) is 24.8 Å². The van der Waals surface area contributed by atoms with Gasteiger partial charge in [0.05, 0.1) is 0 Å². The van der Waals surface area contributed by atoms with Crippen LogP contribution >= 0.6 is 0 Å². The Labute approximate surface area is 157 Å². The molecule has 2 aromatic carbocycles. The number of anilines is 3. The summed E-state index contributed by atoms with van der Waals surface area (Å²) in [6, 6.07) is 19.1. The van der Waals surface area contributed by atoms with E-state index in [0.29, 0.717) is 0 Å². The predicted octanol–water partition coefficient (Wildman–Crippen LogP) is 4.02. The van der Waals surface area contributed by atoms with Crippen LogP contribution in [-0.4, -0.2) is 56.1 Å². The second-order valence-electron chi connectivity index (χ2n) is 6.89. The molecule has 3 rings (SSSR count). The molecule has 0 radical (unpaired) electrons. The van der Waals surface area contributed by atoms with E-state index >= 15 is 0 Å². The van der Waals surface area contributed by atoms with Crippen molar-refractivity contribution in [3.8, 4) is 0 Å². The molecule has 0 bridgehead atoms. The van der Waals surface area contributed by atoms with Gasteiger partial charge in [0.1, 0.15) is 0 Å². The topological polar surface area (TPSA) is 21.8 Å². The molecule has 0 aromatic heterocycles. The molecule has 0 unspecified atom stereocenters. The number of nitrogens with one attached hydrogen (secondary N) is 1. The van der Waals surface area contributed by atoms with Gasteiger partial charge in [-0.05, 0) is 50.4 Å². The van der Waals surface area contributed by atoms with Crippen molar-refractivity contribution in [2.75, 3.05) is 56.5 Å². The van der Waals surface area contributed by atoms with Gasteiger partial charge in [-0.15, -0.1) is 0 Å². The van der Waals surface area contributed by atoms with Crippen molar-refractivity contribution in [3.63, 3.8) is 0 Å². The minimum atomic E-state index is 0.887. The van der Waals surface area contributed by atoms with Crippen LogP contribution in [0.4, 0.5) is 17.1 Å². The van der Waals surface area contributed by atoms with E-state index in [-0.39, 0.29) is 0 Å². The van der Waals surface area contributed by atoms with Crippen LogP contribution in [0.25, 0.3) is 0 Å². The van der Waals surface area contributed by atoms with Crippen molar-refractivity contribution in [1.29, 1.82) is 0 Å². The van der Waals surface area contributed by atoms with Crippen LogP contribution in [0.1, 0.15) is 6.92 Å². The van der Waals surface area contributed by atoms with Gasteiger partial charge >= 0.3 is 0 Å². The van der Waals surface area contributed by atoms with Crippen molar-refractivity contribution in [1.82, 2.24) is 9.80 Å². The monoisotopic (exact) mass is 350 g/mol. The zero-order chi connectivity index (χ0) is 18.4. The molecule has 1 fully saturated rings. The normalized spacial score (nSPS) is 15.6. The molecule has 1 aliphatic rings. The zero-order valence-corrected chi connectivity index (χ0v) is 16.0. The minimum Gasteiger partial charge on any atom is -0.385 e. The lowest BCUT2D eigenvalue weighted by Crippen LogP contribution is -2.45. The largest absolute Gasteiger partial charge is 0.385 e. The van der Waals surface area contributed by atoms with Gasteiger partial charge in [0, 0.05) is 62.0 Å². The summed E-state index contributed by atoms with van der Waals surface area (Å²) in [7, 11) is 2.19. The lowest BCUT2D eigenvalue weighted by molar-refractivity contribution is 0.163. The van der Waals surface area contributed by atoms with Gasteiger partial charge in [0.25, 0.3) is 0 Å². The second-order valence-corrected chi connectivity index (χ2v) is 6.89. The highest BCUT2D eigenvalue weighted by atomic mass is 15.3. The molecule has 1 N–H and O–H groups in total. The van der Waals surface area contributed by atoms with Crippen molar-refractivity contribution < 1.29 is 0 Å². The van der Waals surface area contributed by atoms with Crippen molar-refractivity contribution in [2.24, 2.45) is 0 Å². The number of para-hydroxylation sites is 1. The number of benzene rings is 2. The zero-order valence-electron chi connectivity index (χ0n) is 16.0. The first-order chi connectivity index (χ1) is 12.7. The van der Waals surface area contributed by atoms with Gasteiger partial charge in [-0.25, -0.2) is 0 Å². The molecule has 0 aliphatic carbocycles. The molecule has 4 heteroatoms. The van der Waals surface area contributed by atoms with Crippen LogP contribution in [0.15, 0.2) is 66.9 Å².